The summed E-state index contributed by atoms with van der Waals surface area (Å²) in [5.74, 6) is 0. The predicted octanol–water partition coefficient (Wildman–Crippen LogP) is 4.59. The minimum absolute atomic E-state index is 0.0171. The van der Waals surface area contributed by atoms with Crippen molar-refractivity contribution in [3.05, 3.63) is 11.6 Å². The summed E-state index contributed by atoms with van der Waals surface area (Å²) in [6.07, 6.45) is 1.98. The van der Waals surface area contributed by atoms with E-state index in [9.17, 15) is 15.3 Å². The van der Waals surface area contributed by atoms with Crippen LogP contribution in [0.2, 0.25) is 36.3 Å². The van der Waals surface area contributed by atoms with Crippen LogP contribution in [0.1, 0.15) is 60.8 Å². The fourth-order valence-electron chi connectivity index (χ4n) is 3.03. The molecule has 0 bridgehead atoms. The van der Waals surface area contributed by atoms with Gasteiger partial charge in [-0.05, 0) is 48.3 Å². The van der Waals surface area contributed by atoms with Crippen molar-refractivity contribution < 1.29 is 24.2 Å². The van der Waals surface area contributed by atoms with Crippen LogP contribution in [0.4, 0.5) is 0 Å². The van der Waals surface area contributed by atoms with Gasteiger partial charge in [-0.1, -0.05) is 47.6 Å². The molecule has 3 atom stereocenters. The van der Waals surface area contributed by atoms with Gasteiger partial charge in [0.25, 0.3) is 0 Å². The summed E-state index contributed by atoms with van der Waals surface area (Å²) in [7, 11) is -3.92. The van der Waals surface area contributed by atoms with Gasteiger partial charge in [0, 0.05) is 19.4 Å². The number of rotatable bonds is 7. The molecule has 1 fully saturated rings. The van der Waals surface area contributed by atoms with Crippen LogP contribution in [0, 0.1) is 0 Å². The van der Waals surface area contributed by atoms with E-state index in [2.05, 4.69) is 67.7 Å². The second-order valence-corrected chi connectivity index (χ2v) is 21.3. The van der Waals surface area contributed by atoms with E-state index in [-0.39, 0.29) is 29.2 Å². The zero-order chi connectivity index (χ0) is 22.9. The number of aliphatic hydroxyl groups excluding tert-OH is 2. The van der Waals surface area contributed by atoms with Crippen molar-refractivity contribution in [1.82, 2.24) is 0 Å². The van der Waals surface area contributed by atoms with Gasteiger partial charge in [-0.15, -0.1) is 0 Å². The Balaban J connectivity index is 2.99. The number of hydrogen-bond donors (Lipinski definition) is 3. The van der Waals surface area contributed by atoms with Gasteiger partial charge in [-0.25, -0.2) is 0 Å². The lowest BCUT2D eigenvalue weighted by Gasteiger charge is -2.46. The molecule has 7 heteroatoms. The van der Waals surface area contributed by atoms with Gasteiger partial charge in [-0.3, -0.25) is 0 Å². The molecule has 0 aliphatic heterocycles. The van der Waals surface area contributed by atoms with Crippen LogP contribution >= 0.6 is 0 Å². The number of aliphatic hydroxyl groups is 3. The lowest BCUT2D eigenvalue weighted by Crippen LogP contribution is -2.53. The smallest absolute Gasteiger partial charge is 0.192 e. The standard InChI is InChI=1S/C22H46O5Si2/c1-20(2,3)28(7,8)26-13-11-12-17-18(24)14-22(25,16-23)15-19(17)27-29(9,10)21(4,5)6/h12,18-19,23-25H,11,13-16H2,1-10H3/b17-12+/t18-,19-,22-/m1/s1. The van der Waals surface area contributed by atoms with E-state index in [4.69, 9.17) is 8.85 Å². The van der Waals surface area contributed by atoms with Crippen molar-refractivity contribution >= 4 is 16.6 Å². The highest BCUT2D eigenvalue weighted by molar-refractivity contribution is 6.74. The van der Waals surface area contributed by atoms with E-state index < -0.39 is 28.3 Å². The summed E-state index contributed by atoms with van der Waals surface area (Å²) in [4.78, 5) is 0. The van der Waals surface area contributed by atoms with Gasteiger partial charge in [0.15, 0.2) is 16.6 Å². The largest absolute Gasteiger partial charge is 0.417 e. The fraction of sp³-hybridized carbons (Fsp3) is 0.909. The molecule has 5 nitrogen and oxygen atoms in total. The van der Waals surface area contributed by atoms with Crippen molar-refractivity contribution in [3.63, 3.8) is 0 Å². The molecule has 0 spiro atoms. The molecule has 0 radical (unpaired) electrons. The monoisotopic (exact) mass is 446 g/mol. The van der Waals surface area contributed by atoms with E-state index in [1.54, 1.807) is 0 Å². The van der Waals surface area contributed by atoms with Crippen LogP contribution in [0.3, 0.4) is 0 Å². The Morgan fingerprint density at radius 1 is 1.00 bits per heavy atom. The normalized spacial score (nSPS) is 28.8. The van der Waals surface area contributed by atoms with E-state index >= 15 is 0 Å². The molecule has 1 saturated carbocycles. The van der Waals surface area contributed by atoms with E-state index in [0.29, 0.717) is 19.4 Å². The summed E-state index contributed by atoms with van der Waals surface area (Å²) >= 11 is 0. The molecule has 0 saturated heterocycles. The maximum absolute atomic E-state index is 10.8. The van der Waals surface area contributed by atoms with Crippen LogP contribution < -0.4 is 0 Å². The van der Waals surface area contributed by atoms with Gasteiger partial charge < -0.3 is 24.2 Å². The summed E-state index contributed by atoms with van der Waals surface area (Å²) < 4.78 is 12.8. The third kappa shape index (κ3) is 6.99. The first kappa shape index (κ1) is 27.0. The van der Waals surface area contributed by atoms with Gasteiger partial charge in [-0.2, -0.15) is 0 Å². The summed E-state index contributed by atoms with van der Waals surface area (Å²) in [5, 5.41) is 31.3. The molecule has 172 valence electrons. The van der Waals surface area contributed by atoms with Crippen molar-refractivity contribution in [2.24, 2.45) is 0 Å². The van der Waals surface area contributed by atoms with Crippen LogP contribution in [-0.2, 0) is 8.85 Å². The average molecular weight is 447 g/mol. The van der Waals surface area contributed by atoms with Crippen LogP contribution in [-0.4, -0.2) is 63.0 Å². The zero-order valence-corrected chi connectivity index (χ0v) is 22.4. The third-order valence-electron chi connectivity index (χ3n) is 7.20. The van der Waals surface area contributed by atoms with Crippen molar-refractivity contribution in [3.8, 4) is 0 Å². The van der Waals surface area contributed by atoms with Crippen LogP contribution in [0.25, 0.3) is 0 Å². The average Bonchev–Trinajstić information content (AvgIpc) is 2.50. The lowest BCUT2D eigenvalue weighted by atomic mass is 9.78. The Labute approximate surface area is 180 Å². The van der Waals surface area contributed by atoms with Gasteiger partial charge in [0.05, 0.1) is 24.4 Å². The first-order chi connectivity index (χ1) is 12.9. The molecule has 0 amide bonds. The minimum atomic E-state index is -2.11. The topological polar surface area (TPSA) is 79.2 Å². The second-order valence-electron chi connectivity index (χ2n) is 11.8. The summed E-state index contributed by atoms with van der Waals surface area (Å²) in [6, 6.07) is 0. The Morgan fingerprint density at radius 2 is 1.52 bits per heavy atom. The SMILES string of the molecule is CC(C)(C)[Si](C)(C)OCC/C=C1\[C@H](O)C[C@](O)(CO)C[C@H]1O[Si](C)(C)C(C)(C)C. The second kappa shape index (κ2) is 9.22. The molecule has 0 aromatic rings. The molecule has 0 aromatic heterocycles. The van der Waals surface area contributed by atoms with Gasteiger partial charge in [0.1, 0.15) is 0 Å². The zero-order valence-electron chi connectivity index (χ0n) is 20.4. The van der Waals surface area contributed by atoms with E-state index in [0.717, 1.165) is 5.57 Å². The van der Waals surface area contributed by atoms with Crippen LogP contribution in [0.5, 0.6) is 0 Å². The Hall–Kier alpha value is -0.0262. The molecule has 0 heterocycles. The predicted molar refractivity (Wildman–Crippen MR) is 125 cm³/mol. The molecule has 1 rings (SSSR count). The minimum Gasteiger partial charge on any atom is -0.417 e. The van der Waals surface area contributed by atoms with Gasteiger partial charge in [0.2, 0.25) is 0 Å². The highest BCUT2D eigenvalue weighted by Crippen LogP contribution is 2.42. The molecule has 1 aliphatic rings. The number of hydrogen-bond acceptors (Lipinski definition) is 5. The fourth-order valence-corrected chi connectivity index (χ4v) is 5.38. The Bertz CT molecular complexity index is 575. The van der Waals surface area contributed by atoms with Crippen LogP contribution in [0.15, 0.2) is 11.6 Å². The van der Waals surface area contributed by atoms with E-state index in [1.807, 2.05) is 6.08 Å². The Kier molecular flexibility index (Phi) is 8.59. The van der Waals surface area contributed by atoms with Crippen molar-refractivity contribution in [2.45, 2.75) is 115 Å². The molecule has 29 heavy (non-hydrogen) atoms. The first-order valence-corrected chi connectivity index (χ1v) is 16.7. The maximum Gasteiger partial charge on any atom is 0.192 e. The van der Waals surface area contributed by atoms with E-state index in [1.165, 1.54) is 0 Å². The highest BCUT2D eigenvalue weighted by Gasteiger charge is 2.46. The Morgan fingerprint density at radius 3 is 1.97 bits per heavy atom. The molecule has 3 N–H and O–H groups in total. The summed E-state index contributed by atoms with van der Waals surface area (Å²) in [6.45, 7) is 22.2. The molecular formula is C22H46O5Si2. The third-order valence-corrected chi connectivity index (χ3v) is 16.2. The molecular weight excluding hydrogens is 400 g/mol. The summed E-state index contributed by atoms with van der Waals surface area (Å²) in [5.41, 5.74) is -0.478. The molecule has 0 aromatic carbocycles. The van der Waals surface area contributed by atoms with Crippen molar-refractivity contribution in [1.29, 1.82) is 0 Å². The lowest BCUT2D eigenvalue weighted by molar-refractivity contribution is -0.0879. The first-order valence-electron chi connectivity index (χ1n) is 10.9. The quantitative estimate of drug-likeness (QED) is 0.303. The maximum atomic E-state index is 10.8. The molecule has 1 aliphatic carbocycles. The molecule has 0 unspecified atom stereocenters. The van der Waals surface area contributed by atoms with Crippen molar-refractivity contribution in [2.75, 3.05) is 13.2 Å². The highest BCUT2D eigenvalue weighted by atomic mass is 28.4. The van der Waals surface area contributed by atoms with Gasteiger partial charge >= 0.3 is 0 Å².